The normalized spacial score (nSPS) is 19.8. The largest absolute Gasteiger partial charge is 0.310 e. The van der Waals surface area contributed by atoms with Crippen molar-refractivity contribution in [3.05, 3.63) is 40.9 Å². The van der Waals surface area contributed by atoms with E-state index in [1.165, 1.54) is 0 Å². The third-order valence-electron chi connectivity index (χ3n) is 3.22. The summed E-state index contributed by atoms with van der Waals surface area (Å²) in [5.41, 5.74) is 0.946. The van der Waals surface area contributed by atoms with E-state index in [0.717, 1.165) is 20.9 Å². The first kappa shape index (κ1) is 12.0. The van der Waals surface area contributed by atoms with Gasteiger partial charge in [-0.3, -0.25) is 4.79 Å². The number of hydrogen-bond donors (Lipinski definition) is 0. The molecule has 1 unspecified atom stereocenters. The minimum absolute atomic E-state index is 0.0834. The van der Waals surface area contributed by atoms with Gasteiger partial charge in [0.25, 0.3) is 0 Å². The lowest BCUT2D eigenvalue weighted by Gasteiger charge is -2.18. The van der Waals surface area contributed by atoms with Crippen LogP contribution < -0.4 is 4.90 Å². The van der Waals surface area contributed by atoms with Gasteiger partial charge in [-0.2, -0.15) is 0 Å². The summed E-state index contributed by atoms with van der Waals surface area (Å²) in [4.78, 5) is 13.7. The standard InChI is InChI=1S/C14H11BrClNO/c15-12-5-6-13(11-4-2-1-3-10(11)12)17-8-9(16)7-14(17)18/h1-6,9H,7-8H2. The molecule has 0 N–H and O–H groups in total. The minimum atomic E-state index is -0.0834. The zero-order valence-electron chi connectivity index (χ0n) is 9.57. The van der Waals surface area contributed by atoms with Crippen LogP contribution in [0.4, 0.5) is 5.69 Å². The first-order valence-corrected chi connectivity index (χ1v) is 7.01. The Morgan fingerprint density at radius 3 is 2.56 bits per heavy atom. The summed E-state index contributed by atoms with van der Waals surface area (Å²) in [5, 5.41) is 2.10. The molecule has 0 radical (unpaired) electrons. The number of carbonyl (C=O) groups is 1. The van der Waals surface area contributed by atoms with Crippen LogP contribution in [0, 0.1) is 0 Å². The van der Waals surface area contributed by atoms with Crippen molar-refractivity contribution in [2.24, 2.45) is 0 Å². The smallest absolute Gasteiger partial charge is 0.228 e. The number of hydrogen-bond acceptors (Lipinski definition) is 1. The van der Waals surface area contributed by atoms with Crippen molar-refractivity contribution in [3.63, 3.8) is 0 Å². The van der Waals surface area contributed by atoms with Gasteiger partial charge in [-0.15, -0.1) is 11.6 Å². The summed E-state index contributed by atoms with van der Waals surface area (Å²) in [6, 6.07) is 12.0. The van der Waals surface area contributed by atoms with Gasteiger partial charge in [0.05, 0.1) is 11.1 Å². The maximum atomic E-state index is 11.9. The van der Waals surface area contributed by atoms with Crippen LogP contribution in [0.3, 0.4) is 0 Å². The minimum Gasteiger partial charge on any atom is -0.310 e. The molecule has 1 aliphatic heterocycles. The molecule has 4 heteroatoms. The Labute approximate surface area is 119 Å². The Morgan fingerprint density at radius 1 is 1.17 bits per heavy atom. The number of rotatable bonds is 1. The summed E-state index contributed by atoms with van der Waals surface area (Å²) >= 11 is 9.60. The molecule has 1 saturated heterocycles. The Bertz CT molecular complexity index is 628. The van der Waals surface area contributed by atoms with Crippen LogP contribution in [-0.2, 0) is 4.79 Å². The first-order valence-electron chi connectivity index (χ1n) is 5.78. The zero-order valence-corrected chi connectivity index (χ0v) is 11.9. The summed E-state index contributed by atoms with van der Waals surface area (Å²) in [6.07, 6.45) is 0.423. The molecular weight excluding hydrogens is 314 g/mol. The molecule has 0 aromatic heterocycles. The van der Waals surface area contributed by atoms with E-state index in [9.17, 15) is 4.79 Å². The van der Waals surface area contributed by atoms with Crippen molar-refractivity contribution in [1.29, 1.82) is 0 Å². The molecular formula is C14H11BrClNO. The van der Waals surface area contributed by atoms with Crippen molar-refractivity contribution < 1.29 is 4.79 Å². The highest BCUT2D eigenvalue weighted by Gasteiger charge is 2.30. The topological polar surface area (TPSA) is 20.3 Å². The fourth-order valence-corrected chi connectivity index (χ4v) is 3.13. The number of anilines is 1. The van der Waals surface area contributed by atoms with E-state index in [0.29, 0.717) is 13.0 Å². The molecule has 18 heavy (non-hydrogen) atoms. The lowest BCUT2D eigenvalue weighted by atomic mass is 10.1. The van der Waals surface area contributed by atoms with Crippen molar-refractivity contribution >= 4 is 49.9 Å². The average Bonchev–Trinajstić information content (AvgIpc) is 2.69. The molecule has 92 valence electrons. The fourth-order valence-electron chi connectivity index (χ4n) is 2.38. The summed E-state index contributed by atoms with van der Waals surface area (Å²) in [6.45, 7) is 0.589. The highest BCUT2D eigenvalue weighted by Crippen LogP contribution is 2.34. The Balaban J connectivity index is 2.18. The number of nitrogens with zero attached hydrogens (tertiary/aromatic N) is 1. The quantitative estimate of drug-likeness (QED) is 0.727. The predicted molar refractivity (Wildman–Crippen MR) is 78.3 cm³/mol. The number of alkyl halides is 1. The first-order chi connectivity index (χ1) is 8.66. The van der Waals surface area contributed by atoms with Crippen molar-refractivity contribution in [3.8, 4) is 0 Å². The Kier molecular flexibility index (Phi) is 3.04. The number of amides is 1. The lowest BCUT2D eigenvalue weighted by molar-refractivity contribution is -0.117. The van der Waals surface area contributed by atoms with Crippen LogP contribution in [0.5, 0.6) is 0 Å². The Morgan fingerprint density at radius 2 is 1.89 bits per heavy atom. The highest BCUT2D eigenvalue weighted by atomic mass is 79.9. The summed E-state index contributed by atoms with van der Waals surface area (Å²) in [7, 11) is 0. The van der Waals surface area contributed by atoms with E-state index in [4.69, 9.17) is 11.6 Å². The van der Waals surface area contributed by atoms with Gasteiger partial charge in [-0.05, 0) is 17.5 Å². The molecule has 0 saturated carbocycles. The second-order valence-corrected chi connectivity index (χ2v) is 5.89. The molecule has 1 aliphatic rings. The monoisotopic (exact) mass is 323 g/mol. The molecule has 0 bridgehead atoms. The van der Waals surface area contributed by atoms with E-state index in [-0.39, 0.29) is 11.3 Å². The second-order valence-electron chi connectivity index (χ2n) is 4.42. The van der Waals surface area contributed by atoms with Gasteiger partial charge in [0, 0.05) is 22.8 Å². The molecule has 1 amide bonds. The SMILES string of the molecule is O=C1CC(Cl)CN1c1ccc(Br)c2ccccc12. The third kappa shape index (κ3) is 1.91. The van der Waals surface area contributed by atoms with E-state index in [2.05, 4.69) is 15.9 Å². The van der Waals surface area contributed by atoms with Gasteiger partial charge < -0.3 is 4.90 Å². The van der Waals surface area contributed by atoms with Crippen molar-refractivity contribution in [1.82, 2.24) is 0 Å². The molecule has 3 rings (SSSR count). The number of benzene rings is 2. The summed E-state index contributed by atoms with van der Waals surface area (Å²) in [5.74, 6) is 0.0995. The van der Waals surface area contributed by atoms with Gasteiger partial charge in [0.2, 0.25) is 5.91 Å². The predicted octanol–water partition coefficient (Wildman–Crippen LogP) is 3.95. The average molecular weight is 325 g/mol. The van der Waals surface area contributed by atoms with E-state index < -0.39 is 0 Å². The van der Waals surface area contributed by atoms with Crippen LogP contribution in [0.2, 0.25) is 0 Å². The highest BCUT2D eigenvalue weighted by molar-refractivity contribution is 9.10. The fraction of sp³-hybridized carbons (Fsp3) is 0.214. The van der Waals surface area contributed by atoms with Gasteiger partial charge in [-0.1, -0.05) is 40.2 Å². The molecule has 0 aliphatic carbocycles. The lowest BCUT2D eigenvalue weighted by Crippen LogP contribution is -2.24. The molecule has 1 atom stereocenters. The molecule has 0 spiro atoms. The van der Waals surface area contributed by atoms with E-state index >= 15 is 0 Å². The molecule has 1 fully saturated rings. The maximum Gasteiger partial charge on any atom is 0.228 e. The van der Waals surface area contributed by atoms with Gasteiger partial charge in [-0.25, -0.2) is 0 Å². The Hall–Kier alpha value is -1.06. The van der Waals surface area contributed by atoms with Crippen molar-refractivity contribution in [2.45, 2.75) is 11.8 Å². The van der Waals surface area contributed by atoms with Crippen LogP contribution in [-0.4, -0.2) is 17.8 Å². The van der Waals surface area contributed by atoms with E-state index in [1.54, 1.807) is 4.90 Å². The number of halogens is 2. The molecule has 2 aromatic rings. The van der Waals surface area contributed by atoms with Crippen molar-refractivity contribution in [2.75, 3.05) is 11.4 Å². The third-order valence-corrected chi connectivity index (χ3v) is 4.20. The van der Waals surface area contributed by atoms with Crippen LogP contribution in [0.15, 0.2) is 40.9 Å². The van der Waals surface area contributed by atoms with Crippen LogP contribution in [0.1, 0.15) is 6.42 Å². The van der Waals surface area contributed by atoms with Crippen LogP contribution >= 0.6 is 27.5 Å². The zero-order chi connectivity index (χ0) is 12.7. The molecule has 2 nitrogen and oxygen atoms in total. The number of carbonyl (C=O) groups excluding carboxylic acids is 1. The van der Waals surface area contributed by atoms with Gasteiger partial charge >= 0.3 is 0 Å². The molecule has 1 heterocycles. The second kappa shape index (κ2) is 4.56. The van der Waals surface area contributed by atoms with Gasteiger partial charge in [0.15, 0.2) is 0 Å². The van der Waals surface area contributed by atoms with Gasteiger partial charge in [0.1, 0.15) is 0 Å². The van der Waals surface area contributed by atoms with E-state index in [1.807, 2.05) is 36.4 Å². The summed E-state index contributed by atoms with van der Waals surface area (Å²) < 4.78 is 1.04. The van der Waals surface area contributed by atoms with Crippen LogP contribution in [0.25, 0.3) is 10.8 Å². The molecule has 2 aromatic carbocycles. The number of fused-ring (bicyclic) bond motifs is 1. The maximum absolute atomic E-state index is 11.9.